The highest BCUT2D eigenvalue weighted by Gasteiger charge is 2.21. The summed E-state index contributed by atoms with van der Waals surface area (Å²) < 4.78 is 19.0. The molecule has 0 spiro atoms. The van der Waals surface area contributed by atoms with E-state index in [4.69, 9.17) is 10.00 Å². The molecule has 0 amide bonds. The minimum atomic E-state index is -0.527. The SMILES string of the molecule is N#Cc1ccc(OC2CCC(=O)CC2)c(F)c1. The van der Waals surface area contributed by atoms with E-state index in [1.807, 2.05) is 6.07 Å². The van der Waals surface area contributed by atoms with Gasteiger partial charge in [0.05, 0.1) is 17.7 Å². The van der Waals surface area contributed by atoms with Gasteiger partial charge in [0.1, 0.15) is 5.78 Å². The molecule has 0 aromatic heterocycles. The Morgan fingerprint density at radius 1 is 1.35 bits per heavy atom. The van der Waals surface area contributed by atoms with Crippen LogP contribution in [0.1, 0.15) is 31.2 Å². The molecule has 0 saturated heterocycles. The van der Waals surface area contributed by atoms with Crippen LogP contribution in [-0.2, 0) is 4.79 Å². The van der Waals surface area contributed by atoms with Gasteiger partial charge in [-0.05, 0) is 31.0 Å². The molecule has 0 aliphatic heterocycles. The van der Waals surface area contributed by atoms with Gasteiger partial charge >= 0.3 is 0 Å². The highest BCUT2D eigenvalue weighted by Crippen LogP contribution is 2.24. The third-order valence-corrected chi connectivity index (χ3v) is 2.84. The molecule has 1 aliphatic rings. The number of carbonyl (C=O) groups is 1. The summed E-state index contributed by atoms with van der Waals surface area (Å²) in [5.74, 6) is -0.130. The van der Waals surface area contributed by atoms with Gasteiger partial charge in [0.2, 0.25) is 0 Å². The molecule has 88 valence electrons. The maximum absolute atomic E-state index is 13.5. The fraction of sp³-hybridized carbons (Fsp3) is 0.385. The predicted octanol–water partition coefficient (Wildman–Crippen LogP) is 2.59. The Labute approximate surface area is 98.8 Å². The summed E-state index contributed by atoms with van der Waals surface area (Å²) in [4.78, 5) is 11.0. The zero-order valence-electron chi connectivity index (χ0n) is 9.28. The second-order valence-electron chi connectivity index (χ2n) is 4.11. The number of carbonyl (C=O) groups excluding carboxylic acids is 1. The number of halogens is 1. The number of nitriles is 1. The van der Waals surface area contributed by atoms with E-state index in [0.29, 0.717) is 25.7 Å². The van der Waals surface area contributed by atoms with E-state index in [0.717, 1.165) is 6.07 Å². The van der Waals surface area contributed by atoms with Crippen molar-refractivity contribution in [1.29, 1.82) is 5.26 Å². The lowest BCUT2D eigenvalue weighted by molar-refractivity contribution is -0.121. The fourth-order valence-corrected chi connectivity index (χ4v) is 1.88. The molecule has 1 saturated carbocycles. The Hall–Kier alpha value is -1.89. The van der Waals surface area contributed by atoms with Crippen molar-refractivity contribution in [3.05, 3.63) is 29.6 Å². The first-order valence-electron chi connectivity index (χ1n) is 5.57. The van der Waals surface area contributed by atoms with E-state index in [1.54, 1.807) is 0 Å². The molecule has 0 radical (unpaired) electrons. The lowest BCUT2D eigenvalue weighted by Crippen LogP contribution is -2.24. The molecule has 0 heterocycles. The van der Waals surface area contributed by atoms with E-state index in [9.17, 15) is 9.18 Å². The van der Waals surface area contributed by atoms with Crippen LogP contribution >= 0.6 is 0 Å². The lowest BCUT2D eigenvalue weighted by atomic mass is 9.96. The van der Waals surface area contributed by atoms with Crippen LogP contribution in [0.15, 0.2) is 18.2 Å². The van der Waals surface area contributed by atoms with E-state index in [2.05, 4.69) is 0 Å². The quantitative estimate of drug-likeness (QED) is 0.788. The van der Waals surface area contributed by atoms with Crippen LogP contribution in [-0.4, -0.2) is 11.9 Å². The molecule has 0 unspecified atom stereocenters. The maximum atomic E-state index is 13.5. The fourth-order valence-electron chi connectivity index (χ4n) is 1.88. The summed E-state index contributed by atoms with van der Waals surface area (Å²) in [7, 11) is 0. The molecule has 1 fully saturated rings. The van der Waals surface area contributed by atoms with Gasteiger partial charge in [0.25, 0.3) is 0 Å². The van der Waals surface area contributed by atoms with Gasteiger partial charge in [-0.1, -0.05) is 0 Å². The molecule has 4 heteroatoms. The molecule has 2 rings (SSSR count). The van der Waals surface area contributed by atoms with Crippen LogP contribution in [0.25, 0.3) is 0 Å². The number of hydrogen-bond acceptors (Lipinski definition) is 3. The van der Waals surface area contributed by atoms with Crippen molar-refractivity contribution in [1.82, 2.24) is 0 Å². The van der Waals surface area contributed by atoms with Gasteiger partial charge < -0.3 is 4.74 Å². The van der Waals surface area contributed by atoms with Crippen molar-refractivity contribution in [3.63, 3.8) is 0 Å². The molecule has 0 atom stereocenters. The number of benzene rings is 1. The van der Waals surface area contributed by atoms with Crippen molar-refractivity contribution < 1.29 is 13.9 Å². The Balaban J connectivity index is 2.04. The number of Topliss-reactive ketones (excluding diaryl/α,β-unsaturated/α-hetero) is 1. The Morgan fingerprint density at radius 3 is 2.65 bits per heavy atom. The minimum Gasteiger partial charge on any atom is -0.487 e. The molecular weight excluding hydrogens is 221 g/mol. The summed E-state index contributed by atoms with van der Waals surface area (Å²) in [6.07, 6.45) is 2.18. The highest BCUT2D eigenvalue weighted by molar-refractivity contribution is 5.79. The first-order chi connectivity index (χ1) is 8.19. The van der Waals surface area contributed by atoms with Crippen molar-refractivity contribution in [2.24, 2.45) is 0 Å². The van der Waals surface area contributed by atoms with Gasteiger partial charge in [-0.15, -0.1) is 0 Å². The van der Waals surface area contributed by atoms with Gasteiger partial charge in [0.15, 0.2) is 11.6 Å². The van der Waals surface area contributed by atoms with Gasteiger partial charge in [0, 0.05) is 12.8 Å². The van der Waals surface area contributed by atoms with Crippen LogP contribution in [0.2, 0.25) is 0 Å². The summed E-state index contributed by atoms with van der Waals surface area (Å²) in [6, 6.07) is 6.00. The normalized spacial score (nSPS) is 16.6. The number of ketones is 1. The zero-order valence-corrected chi connectivity index (χ0v) is 9.28. The standard InChI is InChI=1S/C13H12FNO2/c14-12-7-9(8-15)1-6-13(12)17-11-4-2-10(16)3-5-11/h1,6-7,11H,2-5H2. The number of ether oxygens (including phenoxy) is 1. The molecule has 1 aromatic rings. The topological polar surface area (TPSA) is 50.1 Å². The van der Waals surface area contributed by atoms with E-state index in [1.165, 1.54) is 12.1 Å². The molecular formula is C13H12FNO2. The zero-order chi connectivity index (χ0) is 12.3. The third kappa shape index (κ3) is 2.82. The Kier molecular flexibility index (Phi) is 3.38. The second kappa shape index (κ2) is 4.96. The van der Waals surface area contributed by atoms with Crippen molar-refractivity contribution in [2.45, 2.75) is 31.8 Å². The smallest absolute Gasteiger partial charge is 0.166 e. The lowest BCUT2D eigenvalue weighted by Gasteiger charge is -2.22. The summed E-state index contributed by atoms with van der Waals surface area (Å²) in [5.41, 5.74) is 0.272. The minimum absolute atomic E-state index is 0.102. The molecule has 1 aliphatic carbocycles. The number of rotatable bonds is 2. The van der Waals surface area contributed by atoms with E-state index in [-0.39, 0.29) is 23.2 Å². The van der Waals surface area contributed by atoms with Gasteiger partial charge in [-0.2, -0.15) is 5.26 Å². The van der Waals surface area contributed by atoms with E-state index >= 15 is 0 Å². The first-order valence-corrected chi connectivity index (χ1v) is 5.57. The third-order valence-electron chi connectivity index (χ3n) is 2.84. The van der Waals surface area contributed by atoms with Crippen LogP contribution in [0.4, 0.5) is 4.39 Å². The molecule has 0 bridgehead atoms. The largest absolute Gasteiger partial charge is 0.487 e. The number of hydrogen-bond donors (Lipinski definition) is 0. The number of nitrogens with zero attached hydrogens (tertiary/aromatic N) is 1. The highest BCUT2D eigenvalue weighted by atomic mass is 19.1. The first kappa shape index (κ1) is 11.6. The Morgan fingerprint density at radius 2 is 2.06 bits per heavy atom. The average molecular weight is 233 g/mol. The molecule has 0 N–H and O–H groups in total. The van der Waals surface area contributed by atoms with Crippen molar-refractivity contribution >= 4 is 5.78 Å². The Bertz CT molecular complexity index is 469. The summed E-state index contributed by atoms with van der Waals surface area (Å²) in [6.45, 7) is 0. The van der Waals surface area contributed by atoms with Crippen molar-refractivity contribution in [2.75, 3.05) is 0 Å². The maximum Gasteiger partial charge on any atom is 0.166 e. The summed E-state index contributed by atoms with van der Waals surface area (Å²) in [5, 5.41) is 8.61. The average Bonchev–Trinajstić information content (AvgIpc) is 2.34. The molecule has 17 heavy (non-hydrogen) atoms. The van der Waals surface area contributed by atoms with Gasteiger partial charge in [-0.25, -0.2) is 4.39 Å². The second-order valence-corrected chi connectivity index (χ2v) is 4.11. The predicted molar refractivity (Wildman–Crippen MR) is 59.0 cm³/mol. The van der Waals surface area contributed by atoms with Gasteiger partial charge in [-0.3, -0.25) is 4.79 Å². The van der Waals surface area contributed by atoms with Crippen LogP contribution < -0.4 is 4.74 Å². The molecule has 3 nitrogen and oxygen atoms in total. The van der Waals surface area contributed by atoms with E-state index < -0.39 is 5.82 Å². The monoisotopic (exact) mass is 233 g/mol. The summed E-state index contributed by atoms with van der Waals surface area (Å²) >= 11 is 0. The van der Waals surface area contributed by atoms with Crippen LogP contribution in [0, 0.1) is 17.1 Å². The van der Waals surface area contributed by atoms with Crippen LogP contribution in [0.5, 0.6) is 5.75 Å². The van der Waals surface area contributed by atoms with Crippen molar-refractivity contribution in [3.8, 4) is 11.8 Å². The molecule has 1 aromatic carbocycles. The van der Waals surface area contributed by atoms with Crippen LogP contribution in [0.3, 0.4) is 0 Å².